The van der Waals surface area contributed by atoms with Crippen LogP contribution >= 0.6 is 0 Å². The number of rotatable bonds is 9. The predicted octanol–water partition coefficient (Wildman–Crippen LogP) is 3.65. The lowest BCUT2D eigenvalue weighted by Gasteiger charge is -2.18. The van der Waals surface area contributed by atoms with Gasteiger partial charge in [0.05, 0.1) is 6.61 Å². The Morgan fingerprint density at radius 2 is 2.00 bits per heavy atom. The highest BCUT2D eigenvalue weighted by Gasteiger charge is 2.08. The Morgan fingerprint density at radius 3 is 2.67 bits per heavy atom. The summed E-state index contributed by atoms with van der Waals surface area (Å²) < 4.78 is 5.38. The van der Waals surface area contributed by atoms with Gasteiger partial charge in [0.1, 0.15) is 12.1 Å². The summed E-state index contributed by atoms with van der Waals surface area (Å²) in [6.07, 6.45) is 7.59. The molecule has 18 heavy (non-hydrogen) atoms. The number of hydrogen-bond donors (Lipinski definition) is 1. The molecule has 0 aliphatic carbocycles. The van der Waals surface area contributed by atoms with E-state index in [0.717, 1.165) is 5.82 Å². The van der Waals surface area contributed by atoms with Gasteiger partial charge in [0.15, 0.2) is 0 Å². The van der Waals surface area contributed by atoms with Crippen molar-refractivity contribution in [3.8, 4) is 5.88 Å². The highest BCUT2D eigenvalue weighted by Crippen LogP contribution is 2.16. The molecule has 0 aliphatic heterocycles. The third-order valence-corrected chi connectivity index (χ3v) is 2.83. The summed E-state index contributed by atoms with van der Waals surface area (Å²) in [7, 11) is 0. The first kappa shape index (κ1) is 14.7. The Bertz CT molecular complexity index is 331. The lowest BCUT2D eigenvalue weighted by Crippen LogP contribution is -2.20. The minimum Gasteiger partial charge on any atom is -0.478 e. The molecule has 1 aromatic heterocycles. The Kier molecular flexibility index (Phi) is 7.14. The molecule has 0 fully saturated rings. The maximum Gasteiger partial charge on any atom is 0.218 e. The summed E-state index contributed by atoms with van der Waals surface area (Å²) in [5, 5.41) is 3.48. The molecule has 0 amide bonds. The van der Waals surface area contributed by atoms with E-state index in [0.29, 0.717) is 18.5 Å². The smallest absolute Gasteiger partial charge is 0.218 e. The van der Waals surface area contributed by atoms with E-state index in [2.05, 4.69) is 29.1 Å². The van der Waals surface area contributed by atoms with E-state index in [1.165, 1.54) is 32.1 Å². The lowest BCUT2D eigenvalue weighted by atomic mass is 10.1. The van der Waals surface area contributed by atoms with Gasteiger partial charge in [-0.15, -0.1) is 0 Å². The summed E-state index contributed by atoms with van der Waals surface area (Å²) in [6.45, 7) is 7.02. The zero-order valence-electron chi connectivity index (χ0n) is 11.8. The Labute approximate surface area is 110 Å². The molecule has 1 N–H and O–H groups in total. The van der Waals surface area contributed by atoms with E-state index >= 15 is 0 Å². The van der Waals surface area contributed by atoms with E-state index in [9.17, 15) is 0 Å². The number of anilines is 1. The van der Waals surface area contributed by atoms with Crippen molar-refractivity contribution in [2.45, 2.75) is 58.9 Å². The van der Waals surface area contributed by atoms with Gasteiger partial charge in [-0.2, -0.15) is 0 Å². The molecule has 4 nitrogen and oxygen atoms in total. The number of nitrogens with zero attached hydrogens (tertiary/aromatic N) is 2. The van der Waals surface area contributed by atoms with Gasteiger partial charge in [-0.25, -0.2) is 9.97 Å². The van der Waals surface area contributed by atoms with E-state index in [1.807, 2.05) is 13.0 Å². The molecular weight excluding hydrogens is 226 g/mol. The second-order valence-electron chi connectivity index (χ2n) is 4.45. The van der Waals surface area contributed by atoms with E-state index in [-0.39, 0.29) is 0 Å². The van der Waals surface area contributed by atoms with Crippen LogP contribution in [0.2, 0.25) is 0 Å². The van der Waals surface area contributed by atoms with Crippen LogP contribution in [0.15, 0.2) is 12.4 Å². The van der Waals surface area contributed by atoms with Crippen LogP contribution in [0.1, 0.15) is 52.9 Å². The van der Waals surface area contributed by atoms with Crippen LogP contribution in [0, 0.1) is 0 Å². The normalized spacial score (nSPS) is 12.2. The van der Waals surface area contributed by atoms with Crippen molar-refractivity contribution in [2.24, 2.45) is 0 Å². The first-order valence-electron chi connectivity index (χ1n) is 7.01. The molecule has 0 saturated heterocycles. The zero-order valence-corrected chi connectivity index (χ0v) is 11.8. The lowest BCUT2D eigenvalue weighted by molar-refractivity contribution is 0.326. The summed E-state index contributed by atoms with van der Waals surface area (Å²) in [5.74, 6) is 1.50. The molecule has 4 heteroatoms. The van der Waals surface area contributed by atoms with Gasteiger partial charge in [-0.1, -0.05) is 33.1 Å². The highest BCUT2D eigenvalue weighted by molar-refractivity contribution is 5.38. The number of hydrogen-bond acceptors (Lipinski definition) is 4. The molecule has 0 saturated carbocycles. The van der Waals surface area contributed by atoms with Gasteiger partial charge in [0.2, 0.25) is 5.88 Å². The molecule has 102 valence electrons. The number of unbranched alkanes of at least 4 members (excludes halogenated alkanes) is 1. The van der Waals surface area contributed by atoms with Crippen molar-refractivity contribution < 1.29 is 4.74 Å². The standard InChI is InChI=1S/C14H25N3O/c1-4-7-9-12(8-5-2)17-13-10-14(18-6-3)16-11-15-13/h10-12H,4-9H2,1-3H3,(H,15,16,17). The summed E-state index contributed by atoms with van der Waals surface area (Å²) in [4.78, 5) is 8.32. The Balaban J connectivity index is 2.58. The van der Waals surface area contributed by atoms with E-state index < -0.39 is 0 Å². The monoisotopic (exact) mass is 251 g/mol. The molecular formula is C14H25N3O. The fourth-order valence-electron chi connectivity index (χ4n) is 1.94. The average Bonchev–Trinajstić information content (AvgIpc) is 2.37. The molecule has 1 unspecified atom stereocenters. The van der Waals surface area contributed by atoms with Crippen molar-refractivity contribution >= 4 is 5.82 Å². The van der Waals surface area contributed by atoms with Crippen molar-refractivity contribution in [3.63, 3.8) is 0 Å². The van der Waals surface area contributed by atoms with E-state index in [1.54, 1.807) is 6.33 Å². The highest BCUT2D eigenvalue weighted by atomic mass is 16.5. The van der Waals surface area contributed by atoms with Gasteiger partial charge in [-0.3, -0.25) is 0 Å². The fourth-order valence-corrected chi connectivity index (χ4v) is 1.94. The van der Waals surface area contributed by atoms with E-state index in [4.69, 9.17) is 4.74 Å². The average molecular weight is 251 g/mol. The van der Waals surface area contributed by atoms with Crippen molar-refractivity contribution in [1.29, 1.82) is 0 Å². The van der Waals surface area contributed by atoms with Crippen LogP contribution in [0.5, 0.6) is 5.88 Å². The first-order valence-corrected chi connectivity index (χ1v) is 7.01. The molecule has 1 heterocycles. The minimum absolute atomic E-state index is 0.499. The molecule has 0 radical (unpaired) electrons. The number of nitrogens with one attached hydrogen (secondary N) is 1. The maximum absolute atomic E-state index is 5.38. The Hall–Kier alpha value is -1.32. The number of aromatic nitrogens is 2. The van der Waals surface area contributed by atoms with Crippen molar-refractivity contribution in [2.75, 3.05) is 11.9 Å². The molecule has 1 rings (SSSR count). The molecule has 0 spiro atoms. The SMILES string of the molecule is CCCCC(CCC)Nc1cc(OCC)ncn1. The summed E-state index contributed by atoms with van der Waals surface area (Å²) in [5.41, 5.74) is 0. The van der Waals surface area contributed by atoms with Crippen LogP contribution < -0.4 is 10.1 Å². The van der Waals surface area contributed by atoms with Crippen LogP contribution in [0.4, 0.5) is 5.82 Å². The fraction of sp³-hybridized carbons (Fsp3) is 0.714. The second kappa shape index (κ2) is 8.72. The Morgan fingerprint density at radius 1 is 1.17 bits per heavy atom. The summed E-state index contributed by atoms with van der Waals surface area (Å²) >= 11 is 0. The maximum atomic E-state index is 5.38. The first-order chi connectivity index (χ1) is 8.80. The molecule has 0 bridgehead atoms. The summed E-state index contributed by atoms with van der Waals surface area (Å²) in [6, 6.07) is 2.37. The topological polar surface area (TPSA) is 47.0 Å². The van der Waals surface area contributed by atoms with Crippen LogP contribution in [-0.2, 0) is 0 Å². The minimum atomic E-state index is 0.499. The van der Waals surface area contributed by atoms with Gasteiger partial charge < -0.3 is 10.1 Å². The van der Waals surface area contributed by atoms with Crippen LogP contribution in [0.3, 0.4) is 0 Å². The van der Waals surface area contributed by atoms with Crippen LogP contribution in [0.25, 0.3) is 0 Å². The van der Waals surface area contributed by atoms with Crippen LogP contribution in [-0.4, -0.2) is 22.6 Å². The number of ether oxygens (including phenoxy) is 1. The van der Waals surface area contributed by atoms with Gasteiger partial charge in [0, 0.05) is 12.1 Å². The zero-order chi connectivity index (χ0) is 13.2. The van der Waals surface area contributed by atoms with Gasteiger partial charge >= 0.3 is 0 Å². The third kappa shape index (κ3) is 5.34. The molecule has 1 aromatic rings. The van der Waals surface area contributed by atoms with Gasteiger partial charge in [-0.05, 0) is 19.8 Å². The van der Waals surface area contributed by atoms with Crippen molar-refractivity contribution in [1.82, 2.24) is 9.97 Å². The molecule has 0 aromatic carbocycles. The molecule has 1 atom stereocenters. The largest absolute Gasteiger partial charge is 0.478 e. The van der Waals surface area contributed by atoms with Gasteiger partial charge in [0.25, 0.3) is 0 Å². The second-order valence-corrected chi connectivity index (χ2v) is 4.45. The predicted molar refractivity (Wildman–Crippen MR) is 75.0 cm³/mol. The quantitative estimate of drug-likeness (QED) is 0.727. The molecule has 0 aliphatic rings. The van der Waals surface area contributed by atoms with Crippen molar-refractivity contribution in [3.05, 3.63) is 12.4 Å². The third-order valence-electron chi connectivity index (χ3n) is 2.83.